The fourth-order valence-corrected chi connectivity index (χ4v) is 2.51. The van der Waals surface area contributed by atoms with Gasteiger partial charge in [0.05, 0.1) is 26.4 Å². The highest BCUT2D eigenvalue weighted by molar-refractivity contribution is 6.05. The number of ether oxygens (including phenoxy) is 4. The summed E-state index contributed by atoms with van der Waals surface area (Å²) >= 11 is 0. The number of carbonyl (C=O) groups is 2. The summed E-state index contributed by atoms with van der Waals surface area (Å²) in [5, 5.41) is 0. The Labute approximate surface area is 162 Å². The molecule has 0 saturated heterocycles. The first kappa shape index (κ1) is 21.2. The van der Waals surface area contributed by atoms with Crippen molar-refractivity contribution in [2.75, 3.05) is 39.4 Å². The second-order valence-corrected chi connectivity index (χ2v) is 5.63. The topological polar surface area (TPSA) is 74.3 Å². The van der Waals surface area contributed by atoms with Crippen LogP contribution in [-0.4, -0.2) is 46.5 Å². The number of hydrogen-bond donors (Lipinski definition) is 0. The number of hydrogen-bond acceptors (Lipinski definition) is 7. The number of allylic oxidation sites excluding steroid dienone is 2. The summed E-state index contributed by atoms with van der Waals surface area (Å²) in [6.07, 6.45) is 6.74. The summed E-state index contributed by atoms with van der Waals surface area (Å²) in [5.74, 6) is -2.02. The van der Waals surface area contributed by atoms with Crippen molar-refractivity contribution in [2.45, 2.75) is 6.42 Å². The smallest absolute Gasteiger partial charge is 0.355 e. The zero-order valence-corrected chi connectivity index (χ0v) is 15.9. The van der Waals surface area contributed by atoms with Gasteiger partial charge in [-0.1, -0.05) is 6.08 Å². The van der Waals surface area contributed by atoms with E-state index in [-0.39, 0.29) is 17.0 Å². The molecular weight excluding hydrogens is 369 g/mol. The number of nitrogens with zero attached hydrogens (tertiary/aromatic N) is 1. The maximum absolute atomic E-state index is 14.5. The molecule has 28 heavy (non-hydrogen) atoms. The lowest BCUT2D eigenvalue weighted by Crippen LogP contribution is -2.27. The lowest BCUT2D eigenvalue weighted by molar-refractivity contribution is -0.139. The highest BCUT2D eigenvalue weighted by Gasteiger charge is 2.27. The standard InChI is InChI=1S/C20H22FNO6/c1-25-11-6-12-28-17-9-8-14(13-16(17)21)22-10-5-4-7-15(19(23)26-2)18(22)20(24)27-3/h4-5,7-10,13H,6,11-12H2,1-3H3. The van der Waals surface area contributed by atoms with Gasteiger partial charge >= 0.3 is 11.9 Å². The average molecular weight is 391 g/mol. The van der Waals surface area contributed by atoms with Gasteiger partial charge < -0.3 is 23.8 Å². The molecule has 0 amide bonds. The summed E-state index contributed by atoms with van der Waals surface area (Å²) in [6.45, 7) is 0.812. The van der Waals surface area contributed by atoms with E-state index in [4.69, 9.17) is 18.9 Å². The van der Waals surface area contributed by atoms with Crippen molar-refractivity contribution in [1.82, 2.24) is 0 Å². The van der Waals surface area contributed by atoms with E-state index >= 15 is 0 Å². The fourth-order valence-electron chi connectivity index (χ4n) is 2.51. The van der Waals surface area contributed by atoms with E-state index in [2.05, 4.69) is 0 Å². The number of carbonyl (C=O) groups excluding carboxylic acids is 2. The Morgan fingerprint density at radius 3 is 2.43 bits per heavy atom. The molecule has 1 aliphatic heterocycles. The Bertz CT molecular complexity index is 815. The van der Waals surface area contributed by atoms with Crippen LogP contribution in [0.5, 0.6) is 5.75 Å². The Morgan fingerprint density at radius 2 is 1.79 bits per heavy atom. The summed E-state index contributed by atoms with van der Waals surface area (Å²) in [6, 6.07) is 4.23. The monoisotopic (exact) mass is 391 g/mol. The number of anilines is 1. The van der Waals surface area contributed by atoms with Gasteiger partial charge in [0.15, 0.2) is 11.6 Å². The van der Waals surface area contributed by atoms with Crippen LogP contribution in [0, 0.1) is 5.82 Å². The number of esters is 2. The second-order valence-electron chi connectivity index (χ2n) is 5.63. The number of methoxy groups -OCH3 is 3. The summed E-state index contributed by atoms with van der Waals surface area (Å²) < 4.78 is 34.4. The SMILES string of the molecule is COCCCOc1ccc(N2C=CC=CC(C(=O)OC)=C2C(=O)OC)cc1F. The van der Waals surface area contributed by atoms with Crippen molar-refractivity contribution in [3.8, 4) is 5.75 Å². The third-order valence-electron chi connectivity index (χ3n) is 3.83. The van der Waals surface area contributed by atoms with Gasteiger partial charge in [0, 0.05) is 38.1 Å². The minimum atomic E-state index is -0.767. The zero-order chi connectivity index (χ0) is 20.5. The average Bonchev–Trinajstić information content (AvgIpc) is 2.94. The van der Waals surface area contributed by atoms with Crippen molar-refractivity contribution < 1.29 is 32.9 Å². The predicted molar refractivity (Wildman–Crippen MR) is 100 cm³/mol. The first-order valence-corrected chi connectivity index (χ1v) is 8.49. The van der Waals surface area contributed by atoms with Crippen LogP contribution in [0.3, 0.4) is 0 Å². The number of rotatable bonds is 8. The Hall–Kier alpha value is -3.13. The second kappa shape index (κ2) is 10.3. The van der Waals surface area contributed by atoms with Crippen LogP contribution in [0.2, 0.25) is 0 Å². The van der Waals surface area contributed by atoms with E-state index in [0.717, 1.165) is 0 Å². The van der Waals surface area contributed by atoms with Gasteiger partial charge in [-0.3, -0.25) is 0 Å². The van der Waals surface area contributed by atoms with E-state index in [9.17, 15) is 14.0 Å². The van der Waals surface area contributed by atoms with E-state index in [1.54, 1.807) is 25.3 Å². The van der Waals surface area contributed by atoms with Gasteiger partial charge in [-0.05, 0) is 24.3 Å². The van der Waals surface area contributed by atoms with Crippen LogP contribution >= 0.6 is 0 Å². The minimum Gasteiger partial charge on any atom is -0.490 e. The van der Waals surface area contributed by atoms with Crippen LogP contribution < -0.4 is 9.64 Å². The van der Waals surface area contributed by atoms with E-state index < -0.39 is 17.8 Å². The van der Waals surface area contributed by atoms with Crippen molar-refractivity contribution >= 4 is 17.6 Å². The lowest BCUT2D eigenvalue weighted by Gasteiger charge is -2.23. The third kappa shape index (κ3) is 4.98. The number of halogens is 1. The molecule has 1 aliphatic rings. The van der Waals surface area contributed by atoms with E-state index in [0.29, 0.717) is 25.3 Å². The van der Waals surface area contributed by atoms with E-state index in [1.807, 2.05) is 0 Å². The molecule has 0 fully saturated rings. The van der Waals surface area contributed by atoms with Gasteiger partial charge in [0.1, 0.15) is 5.70 Å². The van der Waals surface area contributed by atoms with Crippen molar-refractivity contribution in [1.29, 1.82) is 0 Å². The van der Waals surface area contributed by atoms with Crippen LogP contribution in [-0.2, 0) is 23.8 Å². The molecule has 0 N–H and O–H groups in total. The van der Waals surface area contributed by atoms with Crippen LogP contribution in [0.25, 0.3) is 0 Å². The molecule has 0 spiro atoms. The summed E-state index contributed by atoms with van der Waals surface area (Å²) in [7, 11) is 3.97. The maximum Gasteiger partial charge on any atom is 0.355 e. The molecule has 0 aromatic heterocycles. The zero-order valence-electron chi connectivity index (χ0n) is 15.9. The van der Waals surface area contributed by atoms with Gasteiger partial charge in [0.2, 0.25) is 0 Å². The van der Waals surface area contributed by atoms with Crippen LogP contribution in [0.1, 0.15) is 6.42 Å². The Balaban J connectivity index is 2.39. The third-order valence-corrected chi connectivity index (χ3v) is 3.83. The molecule has 0 saturated carbocycles. The largest absolute Gasteiger partial charge is 0.490 e. The minimum absolute atomic E-state index is 0.0142. The molecule has 0 bridgehead atoms. The highest BCUT2D eigenvalue weighted by Crippen LogP contribution is 2.29. The molecule has 0 radical (unpaired) electrons. The molecule has 0 aliphatic carbocycles. The maximum atomic E-state index is 14.5. The van der Waals surface area contributed by atoms with Crippen molar-refractivity contribution in [3.63, 3.8) is 0 Å². The molecule has 0 unspecified atom stereocenters. The first-order valence-electron chi connectivity index (χ1n) is 8.49. The van der Waals surface area contributed by atoms with E-state index in [1.165, 1.54) is 43.5 Å². The Kier molecular flexibility index (Phi) is 7.76. The molecule has 8 heteroatoms. The molecule has 0 atom stereocenters. The predicted octanol–water partition coefficient (Wildman–Crippen LogP) is 2.73. The highest BCUT2D eigenvalue weighted by atomic mass is 19.1. The molecular formula is C20H22FNO6. The molecule has 1 aromatic rings. The van der Waals surface area contributed by atoms with Gasteiger partial charge in [-0.2, -0.15) is 0 Å². The molecule has 150 valence electrons. The lowest BCUT2D eigenvalue weighted by atomic mass is 10.1. The fraction of sp³-hybridized carbons (Fsp3) is 0.300. The quantitative estimate of drug-likeness (QED) is 0.498. The summed E-state index contributed by atoms with van der Waals surface area (Å²) in [5.41, 5.74) is 0.204. The van der Waals surface area contributed by atoms with Gasteiger partial charge in [-0.15, -0.1) is 0 Å². The van der Waals surface area contributed by atoms with Crippen LogP contribution in [0.4, 0.5) is 10.1 Å². The van der Waals surface area contributed by atoms with Gasteiger partial charge in [-0.25, -0.2) is 14.0 Å². The molecule has 7 nitrogen and oxygen atoms in total. The van der Waals surface area contributed by atoms with Gasteiger partial charge in [0.25, 0.3) is 0 Å². The van der Waals surface area contributed by atoms with Crippen LogP contribution in [0.15, 0.2) is 53.9 Å². The molecule has 1 aromatic carbocycles. The summed E-state index contributed by atoms with van der Waals surface area (Å²) in [4.78, 5) is 25.8. The van der Waals surface area contributed by atoms with Crippen molar-refractivity contribution in [3.05, 3.63) is 59.7 Å². The number of benzene rings is 1. The van der Waals surface area contributed by atoms with Crippen molar-refractivity contribution in [2.24, 2.45) is 0 Å². The first-order chi connectivity index (χ1) is 13.5. The Morgan fingerprint density at radius 1 is 1.04 bits per heavy atom. The molecule has 2 rings (SSSR count). The normalized spacial score (nSPS) is 13.4. The molecule has 1 heterocycles.